The highest BCUT2D eigenvalue weighted by atomic mass is 32.2. The maximum atomic E-state index is 5.89. The minimum atomic E-state index is 0.398. The fourth-order valence-electron chi connectivity index (χ4n) is 0.721. The van der Waals surface area contributed by atoms with Crippen molar-refractivity contribution in [1.82, 2.24) is 0 Å². The maximum absolute atomic E-state index is 5.89. The van der Waals surface area contributed by atoms with E-state index >= 15 is 0 Å². The first kappa shape index (κ1) is 10.3. The van der Waals surface area contributed by atoms with Gasteiger partial charge in [-0.05, 0) is 11.7 Å². The van der Waals surface area contributed by atoms with Crippen molar-refractivity contribution in [1.29, 1.82) is 0 Å². The quantitative estimate of drug-likeness (QED) is 0.668. The lowest BCUT2D eigenvalue weighted by molar-refractivity contribution is 0.475. The molecule has 0 aromatic carbocycles. The van der Waals surface area contributed by atoms with Crippen LogP contribution in [0.15, 0.2) is 0 Å². The van der Waals surface area contributed by atoms with Crippen molar-refractivity contribution >= 4 is 11.8 Å². The van der Waals surface area contributed by atoms with E-state index in [0.29, 0.717) is 12.0 Å². The lowest BCUT2D eigenvalue weighted by Gasteiger charge is -2.16. The molecule has 0 radical (unpaired) electrons. The molecule has 0 aliphatic carbocycles. The van der Waals surface area contributed by atoms with Crippen molar-refractivity contribution in [3.63, 3.8) is 0 Å². The second-order valence-corrected chi connectivity index (χ2v) is 4.03. The molecule has 0 aromatic rings. The zero-order valence-corrected chi connectivity index (χ0v) is 8.08. The molecule has 0 saturated carbocycles. The second kappa shape index (κ2) is 6.05. The van der Waals surface area contributed by atoms with Crippen LogP contribution >= 0.6 is 11.8 Å². The van der Waals surface area contributed by atoms with E-state index in [9.17, 15) is 0 Å². The fourth-order valence-corrected chi connectivity index (χ4v) is 1.56. The van der Waals surface area contributed by atoms with E-state index in [0.717, 1.165) is 5.75 Å². The molecule has 0 aliphatic heterocycles. The molecule has 2 N–H and O–H groups in total. The summed E-state index contributed by atoms with van der Waals surface area (Å²) < 4.78 is 0. The summed E-state index contributed by atoms with van der Waals surface area (Å²) in [5, 5.41) is 0. The van der Waals surface area contributed by atoms with Crippen LogP contribution in [0.3, 0.4) is 0 Å². The maximum Gasteiger partial charge on any atom is 0.0156 e. The molecule has 0 fully saturated rings. The molecule has 0 aliphatic rings. The zero-order valence-electron chi connectivity index (χ0n) is 7.26. The first-order chi connectivity index (χ1) is 4.72. The average molecular weight is 161 g/mol. The summed E-state index contributed by atoms with van der Waals surface area (Å²) in [6, 6.07) is 0.398. The van der Waals surface area contributed by atoms with Gasteiger partial charge in [0.1, 0.15) is 0 Å². The average Bonchev–Trinajstić information content (AvgIpc) is 1.98. The van der Waals surface area contributed by atoms with Crippen molar-refractivity contribution in [2.24, 2.45) is 11.7 Å². The van der Waals surface area contributed by atoms with Crippen LogP contribution in [0.2, 0.25) is 0 Å². The van der Waals surface area contributed by atoms with E-state index in [1.807, 2.05) is 11.8 Å². The Morgan fingerprint density at radius 2 is 2.00 bits per heavy atom. The van der Waals surface area contributed by atoms with Gasteiger partial charge >= 0.3 is 0 Å². The van der Waals surface area contributed by atoms with Crippen molar-refractivity contribution < 1.29 is 0 Å². The molecule has 62 valence electrons. The monoisotopic (exact) mass is 161 g/mol. The summed E-state index contributed by atoms with van der Waals surface area (Å²) in [5.41, 5.74) is 5.89. The molecular weight excluding hydrogens is 142 g/mol. The molecule has 1 nitrogen and oxygen atoms in total. The topological polar surface area (TPSA) is 26.0 Å². The van der Waals surface area contributed by atoms with Crippen LogP contribution in [0.1, 0.15) is 27.2 Å². The van der Waals surface area contributed by atoms with Gasteiger partial charge in [0.2, 0.25) is 0 Å². The van der Waals surface area contributed by atoms with Crippen molar-refractivity contribution in [2.45, 2.75) is 33.2 Å². The smallest absolute Gasteiger partial charge is 0.0156 e. The summed E-state index contributed by atoms with van der Waals surface area (Å²) >= 11 is 1.93. The number of nitrogens with two attached hydrogens (primary N) is 1. The highest BCUT2D eigenvalue weighted by Gasteiger charge is 2.08. The van der Waals surface area contributed by atoms with Crippen LogP contribution in [0.5, 0.6) is 0 Å². The molecular formula is C8H19NS. The number of thioether (sulfide) groups is 1. The molecule has 2 atom stereocenters. The Morgan fingerprint density at radius 3 is 2.40 bits per heavy atom. The van der Waals surface area contributed by atoms with Gasteiger partial charge in [0.25, 0.3) is 0 Å². The summed E-state index contributed by atoms with van der Waals surface area (Å²) in [6.45, 7) is 6.59. The Morgan fingerprint density at radius 1 is 1.40 bits per heavy atom. The van der Waals surface area contributed by atoms with Gasteiger partial charge in [0.05, 0.1) is 0 Å². The molecule has 2 heteroatoms. The molecule has 2 unspecified atom stereocenters. The highest BCUT2D eigenvalue weighted by molar-refractivity contribution is 7.99. The Hall–Kier alpha value is 0.310. The van der Waals surface area contributed by atoms with E-state index in [2.05, 4.69) is 20.8 Å². The van der Waals surface area contributed by atoms with E-state index in [1.54, 1.807) is 0 Å². The third-order valence-corrected chi connectivity index (χ3v) is 2.92. The van der Waals surface area contributed by atoms with Gasteiger partial charge in [-0.2, -0.15) is 11.8 Å². The van der Waals surface area contributed by atoms with E-state index in [-0.39, 0.29) is 0 Å². The van der Waals surface area contributed by atoms with Gasteiger partial charge in [-0.1, -0.05) is 27.2 Å². The van der Waals surface area contributed by atoms with E-state index in [1.165, 1.54) is 12.2 Å². The molecule has 10 heavy (non-hydrogen) atoms. The minimum absolute atomic E-state index is 0.398. The second-order valence-electron chi connectivity index (χ2n) is 2.71. The molecule has 0 aromatic heterocycles. The Bertz CT molecular complexity index is 75.7. The lowest BCUT2D eigenvalue weighted by atomic mass is 10.0. The Labute approximate surface area is 68.8 Å². The number of rotatable bonds is 5. The number of hydrogen-bond acceptors (Lipinski definition) is 2. The fraction of sp³-hybridized carbons (Fsp3) is 1.00. The third-order valence-electron chi connectivity index (χ3n) is 1.89. The van der Waals surface area contributed by atoms with E-state index in [4.69, 9.17) is 5.73 Å². The van der Waals surface area contributed by atoms with Crippen LogP contribution < -0.4 is 5.73 Å². The van der Waals surface area contributed by atoms with Crippen LogP contribution in [0, 0.1) is 5.92 Å². The summed E-state index contributed by atoms with van der Waals surface area (Å²) in [5.74, 6) is 2.98. The van der Waals surface area contributed by atoms with Gasteiger partial charge < -0.3 is 5.73 Å². The summed E-state index contributed by atoms with van der Waals surface area (Å²) in [4.78, 5) is 0. The third kappa shape index (κ3) is 4.18. The molecule has 0 spiro atoms. The van der Waals surface area contributed by atoms with Crippen LogP contribution in [0.4, 0.5) is 0 Å². The first-order valence-electron chi connectivity index (χ1n) is 4.05. The summed E-state index contributed by atoms with van der Waals surface area (Å²) in [7, 11) is 0. The van der Waals surface area contributed by atoms with Crippen molar-refractivity contribution in [3.05, 3.63) is 0 Å². The van der Waals surface area contributed by atoms with Crippen LogP contribution in [-0.2, 0) is 0 Å². The minimum Gasteiger partial charge on any atom is -0.327 e. The van der Waals surface area contributed by atoms with Gasteiger partial charge in [0.15, 0.2) is 0 Å². The summed E-state index contributed by atoms with van der Waals surface area (Å²) in [6.07, 6.45) is 1.20. The molecule has 0 saturated heterocycles. The molecule has 0 rings (SSSR count). The van der Waals surface area contributed by atoms with Gasteiger partial charge in [-0.15, -0.1) is 0 Å². The highest BCUT2D eigenvalue weighted by Crippen LogP contribution is 2.10. The van der Waals surface area contributed by atoms with Crippen LogP contribution in [-0.4, -0.2) is 17.5 Å². The lowest BCUT2D eigenvalue weighted by Crippen LogP contribution is -2.30. The first-order valence-corrected chi connectivity index (χ1v) is 5.21. The van der Waals surface area contributed by atoms with Crippen molar-refractivity contribution in [2.75, 3.05) is 11.5 Å². The predicted molar refractivity (Wildman–Crippen MR) is 50.4 cm³/mol. The normalized spacial score (nSPS) is 16.8. The zero-order chi connectivity index (χ0) is 7.98. The molecule has 0 amide bonds. The van der Waals surface area contributed by atoms with Crippen molar-refractivity contribution in [3.8, 4) is 0 Å². The predicted octanol–water partition coefficient (Wildman–Crippen LogP) is 2.11. The largest absolute Gasteiger partial charge is 0.327 e. The standard InChI is InChI=1S/C8H19NS/c1-4-7(3)8(9)6-10-5-2/h7-8H,4-6,9H2,1-3H3. The Kier molecular flexibility index (Phi) is 6.24. The van der Waals surface area contributed by atoms with Gasteiger partial charge in [0, 0.05) is 11.8 Å². The molecule has 0 heterocycles. The molecule has 0 bridgehead atoms. The SMILES string of the molecule is CCSCC(N)C(C)CC. The van der Waals surface area contributed by atoms with Crippen LogP contribution in [0.25, 0.3) is 0 Å². The Balaban J connectivity index is 3.31. The van der Waals surface area contributed by atoms with Gasteiger partial charge in [-0.3, -0.25) is 0 Å². The van der Waals surface area contributed by atoms with E-state index < -0.39 is 0 Å². The number of hydrogen-bond donors (Lipinski definition) is 1. The van der Waals surface area contributed by atoms with Gasteiger partial charge in [-0.25, -0.2) is 0 Å².